The van der Waals surface area contributed by atoms with E-state index in [2.05, 4.69) is 0 Å². The maximum absolute atomic E-state index is 10.7. The summed E-state index contributed by atoms with van der Waals surface area (Å²) in [5.41, 5.74) is 0. The summed E-state index contributed by atoms with van der Waals surface area (Å²) in [6, 6.07) is 4.54. The molecular formula is C10H13Cl2NO5S. The molecule has 0 amide bonds. The highest BCUT2D eigenvalue weighted by Gasteiger charge is 2.18. The zero-order chi connectivity index (χ0) is 14.6. The SMILES string of the molecule is CN(C[C@H](O)COc1cc(Cl)cc(Cl)c1)S(=O)(=O)O. The van der Waals surface area contributed by atoms with Crippen LogP contribution in [0.2, 0.25) is 10.0 Å². The summed E-state index contributed by atoms with van der Waals surface area (Å²) >= 11 is 11.5. The third kappa shape index (κ3) is 5.94. The Hall–Kier alpha value is -0.570. The van der Waals surface area contributed by atoms with Crippen molar-refractivity contribution in [2.45, 2.75) is 6.10 Å². The van der Waals surface area contributed by atoms with Gasteiger partial charge in [0.25, 0.3) is 0 Å². The fourth-order valence-electron chi connectivity index (χ4n) is 1.25. The zero-order valence-corrected chi connectivity index (χ0v) is 12.3. The highest BCUT2D eigenvalue weighted by molar-refractivity contribution is 7.83. The largest absolute Gasteiger partial charge is 0.491 e. The number of benzene rings is 1. The molecule has 1 rings (SSSR count). The van der Waals surface area contributed by atoms with Gasteiger partial charge in [-0.1, -0.05) is 23.2 Å². The molecule has 0 unspecified atom stereocenters. The third-order valence-corrected chi connectivity index (χ3v) is 3.51. The van der Waals surface area contributed by atoms with Crippen LogP contribution in [-0.2, 0) is 10.3 Å². The first-order valence-electron chi connectivity index (χ1n) is 5.14. The summed E-state index contributed by atoms with van der Waals surface area (Å²) in [5.74, 6) is 0.353. The van der Waals surface area contributed by atoms with Gasteiger partial charge in [0.1, 0.15) is 18.5 Å². The Balaban J connectivity index is 2.52. The maximum atomic E-state index is 10.7. The zero-order valence-electron chi connectivity index (χ0n) is 9.95. The van der Waals surface area contributed by atoms with Crippen molar-refractivity contribution in [3.63, 3.8) is 0 Å². The average Bonchev–Trinajstić information content (AvgIpc) is 2.23. The predicted molar refractivity (Wildman–Crippen MR) is 72.1 cm³/mol. The molecule has 0 radical (unpaired) electrons. The van der Waals surface area contributed by atoms with Gasteiger partial charge in [0.15, 0.2) is 0 Å². The minimum atomic E-state index is -4.32. The molecule has 19 heavy (non-hydrogen) atoms. The standard InChI is InChI=1S/C10H13Cl2NO5S/c1-13(19(15,16)17)5-9(14)6-18-10-3-7(11)2-8(12)4-10/h2-4,9,14H,5-6H2,1H3,(H,15,16,17)/t9-/m0/s1. The Morgan fingerprint density at radius 2 is 1.84 bits per heavy atom. The van der Waals surface area contributed by atoms with Crippen molar-refractivity contribution < 1.29 is 22.8 Å². The minimum absolute atomic E-state index is 0.170. The van der Waals surface area contributed by atoms with Crippen molar-refractivity contribution >= 4 is 33.5 Å². The van der Waals surface area contributed by atoms with Gasteiger partial charge in [-0.2, -0.15) is 12.7 Å². The van der Waals surface area contributed by atoms with Gasteiger partial charge in [0.05, 0.1) is 0 Å². The fraction of sp³-hybridized carbons (Fsp3) is 0.400. The quantitative estimate of drug-likeness (QED) is 0.771. The Bertz CT molecular complexity index is 516. The molecule has 0 saturated heterocycles. The van der Waals surface area contributed by atoms with Gasteiger partial charge in [-0.25, -0.2) is 0 Å². The molecule has 6 nitrogen and oxygen atoms in total. The van der Waals surface area contributed by atoms with Crippen LogP contribution in [0, 0.1) is 0 Å². The number of rotatable bonds is 6. The van der Waals surface area contributed by atoms with Crippen LogP contribution in [0.1, 0.15) is 0 Å². The number of aliphatic hydroxyl groups is 1. The number of likely N-dealkylation sites (N-methyl/N-ethyl adjacent to an activating group) is 1. The van der Waals surface area contributed by atoms with Crippen LogP contribution in [0.15, 0.2) is 18.2 Å². The van der Waals surface area contributed by atoms with E-state index in [1.54, 1.807) is 0 Å². The van der Waals surface area contributed by atoms with Crippen LogP contribution >= 0.6 is 23.2 Å². The molecule has 1 atom stereocenters. The van der Waals surface area contributed by atoms with Gasteiger partial charge in [0.2, 0.25) is 0 Å². The Morgan fingerprint density at radius 3 is 2.32 bits per heavy atom. The summed E-state index contributed by atoms with van der Waals surface area (Å²) in [5, 5.41) is 10.3. The normalized spacial score (nSPS) is 13.6. The molecule has 0 aliphatic heterocycles. The molecule has 0 aliphatic rings. The van der Waals surface area contributed by atoms with E-state index in [1.165, 1.54) is 18.2 Å². The molecule has 0 fully saturated rings. The van der Waals surface area contributed by atoms with E-state index in [9.17, 15) is 13.5 Å². The van der Waals surface area contributed by atoms with Crippen molar-refractivity contribution in [3.8, 4) is 5.75 Å². The van der Waals surface area contributed by atoms with Crippen LogP contribution in [0.25, 0.3) is 0 Å². The van der Waals surface area contributed by atoms with E-state index in [4.69, 9.17) is 32.5 Å². The molecule has 0 saturated carbocycles. The van der Waals surface area contributed by atoms with E-state index in [0.717, 1.165) is 7.05 Å². The van der Waals surface area contributed by atoms with Crippen LogP contribution in [0.3, 0.4) is 0 Å². The van der Waals surface area contributed by atoms with E-state index in [0.29, 0.717) is 20.1 Å². The van der Waals surface area contributed by atoms with Crippen LogP contribution in [0.5, 0.6) is 5.75 Å². The van der Waals surface area contributed by atoms with Gasteiger partial charge in [0, 0.05) is 23.6 Å². The van der Waals surface area contributed by atoms with Gasteiger partial charge in [-0.05, 0) is 18.2 Å². The topological polar surface area (TPSA) is 87.1 Å². The van der Waals surface area contributed by atoms with E-state index in [-0.39, 0.29) is 13.2 Å². The molecular weight excluding hydrogens is 317 g/mol. The van der Waals surface area contributed by atoms with E-state index < -0.39 is 16.4 Å². The number of nitrogens with zero attached hydrogens (tertiary/aromatic N) is 1. The van der Waals surface area contributed by atoms with Gasteiger partial charge < -0.3 is 9.84 Å². The lowest BCUT2D eigenvalue weighted by Crippen LogP contribution is -2.36. The van der Waals surface area contributed by atoms with Gasteiger partial charge >= 0.3 is 10.3 Å². The van der Waals surface area contributed by atoms with Crippen LogP contribution < -0.4 is 4.74 Å². The lowest BCUT2D eigenvalue weighted by Gasteiger charge is -2.17. The molecule has 2 N–H and O–H groups in total. The molecule has 0 heterocycles. The predicted octanol–water partition coefficient (Wildman–Crippen LogP) is 1.47. The molecule has 0 bridgehead atoms. The molecule has 0 aliphatic carbocycles. The number of hydrogen-bond acceptors (Lipinski definition) is 4. The first kappa shape index (κ1) is 16.5. The lowest BCUT2D eigenvalue weighted by molar-refractivity contribution is 0.0918. The summed E-state index contributed by atoms with van der Waals surface area (Å²) in [7, 11) is -3.18. The van der Waals surface area contributed by atoms with Crippen molar-refractivity contribution in [3.05, 3.63) is 28.2 Å². The minimum Gasteiger partial charge on any atom is -0.491 e. The first-order valence-corrected chi connectivity index (χ1v) is 7.29. The summed E-state index contributed by atoms with van der Waals surface area (Å²) < 4.78 is 36.0. The van der Waals surface area contributed by atoms with Crippen molar-refractivity contribution in [2.24, 2.45) is 0 Å². The maximum Gasteiger partial charge on any atom is 0.335 e. The highest BCUT2D eigenvalue weighted by atomic mass is 35.5. The second-order valence-electron chi connectivity index (χ2n) is 3.83. The van der Waals surface area contributed by atoms with Crippen molar-refractivity contribution in [1.82, 2.24) is 4.31 Å². The molecule has 9 heteroatoms. The summed E-state index contributed by atoms with van der Waals surface area (Å²) in [6.45, 7) is -0.469. The smallest absolute Gasteiger partial charge is 0.335 e. The summed E-state index contributed by atoms with van der Waals surface area (Å²) in [6.07, 6.45) is -1.11. The number of hydrogen-bond donors (Lipinski definition) is 2. The Kier molecular flexibility index (Phi) is 5.84. The number of halogens is 2. The lowest BCUT2D eigenvalue weighted by atomic mass is 10.3. The third-order valence-electron chi connectivity index (χ3n) is 2.14. The Morgan fingerprint density at radius 1 is 1.32 bits per heavy atom. The highest BCUT2D eigenvalue weighted by Crippen LogP contribution is 2.24. The molecule has 0 aromatic heterocycles. The Labute approximate surface area is 121 Å². The molecule has 108 valence electrons. The van der Waals surface area contributed by atoms with Crippen molar-refractivity contribution in [2.75, 3.05) is 20.2 Å². The molecule has 1 aromatic rings. The van der Waals surface area contributed by atoms with Gasteiger partial charge in [-0.15, -0.1) is 0 Å². The van der Waals surface area contributed by atoms with E-state index >= 15 is 0 Å². The van der Waals surface area contributed by atoms with Crippen molar-refractivity contribution in [1.29, 1.82) is 0 Å². The molecule has 0 spiro atoms. The molecule has 1 aromatic carbocycles. The fourth-order valence-corrected chi connectivity index (χ4v) is 2.11. The monoisotopic (exact) mass is 329 g/mol. The first-order chi connectivity index (χ1) is 8.68. The average molecular weight is 330 g/mol. The van der Waals surface area contributed by atoms with Crippen LogP contribution in [-0.4, -0.2) is 48.7 Å². The van der Waals surface area contributed by atoms with Gasteiger partial charge in [-0.3, -0.25) is 4.55 Å². The van der Waals surface area contributed by atoms with Crippen LogP contribution in [0.4, 0.5) is 0 Å². The number of aliphatic hydroxyl groups excluding tert-OH is 1. The summed E-state index contributed by atoms with van der Waals surface area (Å²) in [4.78, 5) is 0. The second kappa shape index (κ2) is 6.74. The van der Waals surface area contributed by atoms with E-state index in [1.807, 2.05) is 0 Å². The number of ether oxygens (including phenoxy) is 1. The second-order valence-corrected chi connectivity index (χ2v) is 6.22.